The molecule has 0 saturated carbocycles. The lowest BCUT2D eigenvalue weighted by Gasteiger charge is -2.14. The molecule has 16 heavy (non-hydrogen) atoms. The summed E-state index contributed by atoms with van der Waals surface area (Å²) in [6.07, 6.45) is 1.82. The van der Waals surface area contributed by atoms with Crippen molar-refractivity contribution in [3.63, 3.8) is 0 Å². The van der Waals surface area contributed by atoms with Gasteiger partial charge in [0.15, 0.2) is 0 Å². The van der Waals surface area contributed by atoms with Crippen LogP contribution in [0.1, 0.15) is 32.0 Å². The van der Waals surface area contributed by atoms with Gasteiger partial charge < -0.3 is 0 Å². The summed E-state index contributed by atoms with van der Waals surface area (Å²) in [5.41, 5.74) is 2.42. The van der Waals surface area contributed by atoms with Gasteiger partial charge in [-0.1, -0.05) is 26.8 Å². The van der Waals surface area contributed by atoms with Gasteiger partial charge in [-0.3, -0.25) is 4.40 Å². The standard InChI is InChI=1S/C12H15N3O/c1-8-6-5-7-15-10(8)13-9(11(15)14-16)12(2,3)4/h5-7H,1-4H3. The number of aromatic nitrogens is 2. The molecule has 0 unspecified atom stereocenters. The molecule has 4 nitrogen and oxygen atoms in total. The Balaban J connectivity index is 2.87. The van der Waals surface area contributed by atoms with Crippen LogP contribution in [0, 0.1) is 11.8 Å². The van der Waals surface area contributed by atoms with Crippen molar-refractivity contribution in [3.05, 3.63) is 34.5 Å². The van der Waals surface area contributed by atoms with E-state index in [2.05, 4.69) is 10.2 Å². The summed E-state index contributed by atoms with van der Waals surface area (Å²) >= 11 is 0. The van der Waals surface area contributed by atoms with Gasteiger partial charge in [0.2, 0.25) is 5.82 Å². The van der Waals surface area contributed by atoms with Gasteiger partial charge in [0.25, 0.3) is 0 Å². The highest BCUT2D eigenvalue weighted by Gasteiger charge is 2.24. The molecule has 0 radical (unpaired) electrons. The first-order valence-corrected chi connectivity index (χ1v) is 5.26. The maximum absolute atomic E-state index is 10.9. The molecule has 0 aliphatic rings. The highest BCUT2D eigenvalue weighted by atomic mass is 16.3. The number of fused-ring (bicyclic) bond motifs is 1. The molecule has 2 aromatic rings. The molecule has 0 atom stereocenters. The van der Waals surface area contributed by atoms with E-state index in [1.165, 1.54) is 0 Å². The predicted molar refractivity (Wildman–Crippen MR) is 64.1 cm³/mol. The first-order chi connectivity index (χ1) is 7.45. The van der Waals surface area contributed by atoms with E-state index >= 15 is 0 Å². The minimum Gasteiger partial charge on any atom is -0.281 e. The second kappa shape index (κ2) is 3.40. The second-order valence-corrected chi connectivity index (χ2v) is 5.01. The van der Waals surface area contributed by atoms with E-state index in [0.717, 1.165) is 16.9 Å². The molecule has 4 heteroatoms. The number of nitrogens with zero attached hydrogens (tertiary/aromatic N) is 3. The Morgan fingerprint density at radius 3 is 2.62 bits per heavy atom. The average molecular weight is 217 g/mol. The van der Waals surface area contributed by atoms with Crippen LogP contribution in [-0.2, 0) is 5.41 Å². The number of pyridine rings is 1. The normalized spacial score (nSPS) is 12.0. The summed E-state index contributed by atoms with van der Waals surface area (Å²) in [5.74, 6) is 0.409. The molecular weight excluding hydrogens is 202 g/mol. The van der Waals surface area contributed by atoms with Crippen LogP contribution in [0.5, 0.6) is 0 Å². The van der Waals surface area contributed by atoms with E-state index in [1.54, 1.807) is 4.40 Å². The van der Waals surface area contributed by atoms with E-state index < -0.39 is 0 Å². The van der Waals surface area contributed by atoms with Gasteiger partial charge in [0, 0.05) is 11.6 Å². The zero-order valence-corrected chi connectivity index (χ0v) is 9.98. The molecular formula is C12H15N3O. The lowest BCUT2D eigenvalue weighted by atomic mass is 9.92. The van der Waals surface area contributed by atoms with Crippen LogP contribution in [-0.4, -0.2) is 9.38 Å². The van der Waals surface area contributed by atoms with Gasteiger partial charge in [-0.15, -0.1) is 4.91 Å². The molecule has 84 valence electrons. The molecule has 0 aliphatic carbocycles. The fourth-order valence-electron chi connectivity index (χ4n) is 1.78. The van der Waals surface area contributed by atoms with Crippen LogP contribution in [0.25, 0.3) is 5.65 Å². The third kappa shape index (κ3) is 1.50. The Labute approximate surface area is 94.3 Å². The zero-order valence-electron chi connectivity index (χ0n) is 9.98. The van der Waals surface area contributed by atoms with Crippen LogP contribution in [0.2, 0.25) is 0 Å². The summed E-state index contributed by atoms with van der Waals surface area (Å²) in [6, 6.07) is 3.87. The first kappa shape index (κ1) is 10.8. The highest BCUT2D eigenvalue weighted by Crippen LogP contribution is 2.32. The van der Waals surface area contributed by atoms with Gasteiger partial charge in [-0.05, 0) is 23.7 Å². The maximum atomic E-state index is 10.9. The van der Waals surface area contributed by atoms with Crippen molar-refractivity contribution >= 4 is 11.5 Å². The molecule has 0 fully saturated rings. The molecule has 0 aliphatic heterocycles. The summed E-state index contributed by atoms with van der Waals surface area (Å²) < 4.78 is 1.75. The van der Waals surface area contributed by atoms with E-state index in [4.69, 9.17) is 0 Å². The van der Waals surface area contributed by atoms with Gasteiger partial charge >= 0.3 is 0 Å². The number of hydrogen-bond donors (Lipinski definition) is 0. The van der Waals surface area contributed by atoms with Crippen LogP contribution >= 0.6 is 0 Å². The lowest BCUT2D eigenvalue weighted by Crippen LogP contribution is -2.11. The molecule has 0 amide bonds. The molecule has 0 N–H and O–H groups in total. The SMILES string of the molecule is Cc1cccn2c(N=O)c(C(C)(C)C)nc12. The van der Waals surface area contributed by atoms with Crippen molar-refractivity contribution in [2.75, 3.05) is 0 Å². The Morgan fingerprint density at radius 1 is 1.38 bits per heavy atom. The van der Waals surface area contributed by atoms with Crippen LogP contribution in [0.3, 0.4) is 0 Å². The predicted octanol–water partition coefficient (Wildman–Crippen LogP) is 3.34. The summed E-state index contributed by atoms with van der Waals surface area (Å²) in [4.78, 5) is 15.5. The topological polar surface area (TPSA) is 46.7 Å². The van der Waals surface area contributed by atoms with E-state index in [1.807, 2.05) is 46.0 Å². The summed E-state index contributed by atoms with van der Waals surface area (Å²) in [7, 11) is 0. The summed E-state index contributed by atoms with van der Waals surface area (Å²) in [5, 5.41) is 3.12. The zero-order chi connectivity index (χ0) is 11.9. The number of rotatable bonds is 1. The van der Waals surface area contributed by atoms with Crippen LogP contribution in [0.4, 0.5) is 5.82 Å². The molecule has 2 rings (SSSR count). The third-order valence-electron chi connectivity index (χ3n) is 2.62. The molecule has 2 aromatic heterocycles. The maximum Gasteiger partial charge on any atom is 0.205 e. The van der Waals surface area contributed by atoms with Crippen molar-refractivity contribution in [3.8, 4) is 0 Å². The monoisotopic (exact) mass is 217 g/mol. The molecule has 0 spiro atoms. The van der Waals surface area contributed by atoms with Crippen molar-refractivity contribution in [2.24, 2.45) is 5.18 Å². The molecule has 2 heterocycles. The lowest BCUT2D eigenvalue weighted by molar-refractivity contribution is 0.574. The Hall–Kier alpha value is -1.71. The Morgan fingerprint density at radius 2 is 2.06 bits per heavy atom. The second-order valence-electron chi connectivity index (χ2n) is 5.01. The van der Waals surface area contributed by atoms with Gasteiger partial charge in [0.1, 0.15) is 5.65 Å². The number of hydrogen-bond acceptors (Lipinski definition) is 3. The van der Waals surface area contributed by atoms with Crippen molar-refractivity contribution in [1.82, 2.24) is 9.38 Å². The van der Waals surface area contributed by atoms with Crippen molar-refractivity contribution in [2.45, 2.75) is 33.1 Å². The average Bonchev–Trinajstić information content (AvgIpc) is 2.57. The van der Waals surface area contributed by atoms with Crippen molar-refractivity contribution < 1.29 is 0 Å². The van der Waals surface area contributed by atoms with E-state index in [0.29, 0.717) is 5.82 Å². The van der Waals surface area contributed by atoms with Crippen LogP contribution < -0.4 is 0 Å². The Kier molecular flexibility index (Phi) is 2.30. The highest BCUT2D eigenvalue weighted by molar-refractivity contribution is 5.58. The number of nitroso groups, excluding NO2 is 1. The quantitative estimate of drug-likeness (QED) is 0.688. The third-order valence-corrected chi connectivity index (χ3v) is 2.62. The summed E-state index contributed by atoms with van der Waals surface area (Å²) in [6.45, 7) is 8.06. The van der Waals surface area contributed by atoms with Crippen molar-refractivity contribution in [1.29, 1.82) is 0 Å². The minimum atomic E-state index is -0.179. The van der Waals surface area contributed by atoms with E-state index in [9.17, 15) is 4.91 Å². The molecule has 0 saturated heterocycles. The fraction of sp³-hybridized carbons (Fsp3) is 0.417. The smallest absolute Gasteiger partial charge is 0.205 e. The number of aryl methyl sites for hydroxylation is 1. The van der Waals surface area contributed by atoms with Gasteiger partial charge in [-0.25, -0.2) is 4.98 Å². The van der Waals surface area contributed by atoms with Crippen LogP contribution in [0.15, 0.2) is 23.5 Å². The molecule has 0 aromatic carbocycles. The number of imidazole rings is 1. The first-order valence-electron chi connectivity index (χ1n) is 5.26. The fourth-order valence-corrected chi connectivity index (χ4v) is 1.78. The van der Waals surface area contributed by atoms with E-state index in [-0.39, 0.29) is 5.41 Å². The largest absolute Gasteiger partial charge is 0.281 e. The van der Waals surface area contributed by atoms with Gasteiger partial charge in [0.05, 0.1) is 5.69 Å². The minimum absolute atomic E-state index is 0.179. The van der Waals surface area contributed by atoms with Gasteiger partial charge in [-0.2, -0.15) is 0 Å². The molecule has 0 bridgehead atoms. The Bertz CT molecular complexity index is 549.